The summed E-state index contributed by atoms with van der Waals surface area (Å²) in [5.74, 6) is 1.33. The van der Waals surface area contributed by atoms with Crippen LogP contribution in [0, 0.1) is 0 Å². The number of pyridine rings is 1. The van der Waals surface area contributed by atoms with Crippen molar-refractivity contribution in [1.82, 2.24) is 20.2 Å². The van der Waals surface area contributed by atoms with E-state index < -0.39 is 0 Å². The zero-order chi connectivity index (χ0) is 19.1. The lowest BCUT2D eigenvalue weighted by molar-refractivity contribution is 0.232. The highest BCUT2D eigenvalue weighted by atomic mass is 35.5. The van der Waals surface area contributed by atoms with Crippen LogP contribution in [0.3, 0.4) is 0 Å². The molecule has 0 aliphatic heterocycles. The van der Waals surface area contributed by atoms with Gasteiger partial charge in [0.15, 0.2) is 5.96 Å². The second kappa shape index (κ2) is 9.69. The maximum atomic E-state index is 6.10. The molecule has 0 fully saturated rings. The van der Waals surface area contributed by atoms with E-state index in [1.54, 1.807) is 6.20 Å². The molecule has 8 heteroatoms. The van der Waals surface area contributed by atoms with Crippen molar-refractivity contribution in [3.8, 4) is 5.88 Å². The van der Waals surface area contributed by atoms with Gasteiger partial charge in [-0.25, -0.2) is 9.98 Å². The summed E-state index contributed by atoms with van der Waals surface area (Å²) in [6.07, 6.45) is 1.89. The van der Waals surface area contributed by atoms with Crippen LogP contribution in [0.2, 0.25) is 10.2 Å². The molecule has 26 heavy (non-hydrogen) atoms. The lowest BCUT2D eigenvalue weighted by Gasteiger charge is -2.12. The number of aromatic nitrogens is 2. The van der Waals surface area contributed by atoms with Gasteiger partial charge in [0.05, 0.1) is 24.2 Å². The zero-order valence-electron chi connectivity index (χ0n) is 15.5. The molecule has 0 radical (unpaired) electrons. The molecule has 0 aliphatic rings. The maximum Gasteiger partial charge on any atom is 0.213 e. The first-order valence-electron chi connectivity index (χ1n) is 8.54. The Kier molecular flexibility index (Phi) is 7.60. The molecular weight excluding hydrogens is 373 g/mol. The lowest BCUT2D eigenvalue weighted by atomic mass is 10.3. The minimum absolute atomic E-state index is 0.107. The number of aliphatic imine (C=N–C) groups is 1. The minimum Gasteiger partial charge on any atom is -0.475 e. The van der Waals surface area contributed by atoms with Crippen LogP contribution < -0.4 is 15.4 Å². The van der Waals surface area contributed by atoms with E-state index in [1.165, 1.54) is 0 Å². The monoisotopic (exact) mass is 397 g/mol. The predicted octanol–water partition coefficient (Wildman–Crippen LogP) is 3.77. The maximum absolute atomic E-state index is 6.10. The van der Waals surface area contributed by atoms with E-state index >= 15 is 0 Å². The topological polar surface area (TPSA) is 63.5 Å². The Bertz CT molecular complexity index is 741. The summed E-state index contributed by atoms with van der Waals surface area (Å²) < 4.78 is 7.39. The first-order chi connectivity index (χ1) is 12.4. The number of ether oxygens (including phenoxy) is 1. The van der Waals surface area contributed by atoms with Gasteiger partial charge in [-0.3, -0.25) is 0 Å². The van der Waals surface area contributed by atoms with Gasteiger partial charge in [-0.15, -0.1) is 0 Å². The van der Waals surface area contributed by atoms with Gasteiger partial charge >= 0.3 is 0 Å². The number of nitrogens with one attached hydrogen (secondary N) is 2. The Balaban J connectivity index is 1.98. The van der Waals surface area contributed by atoms with E-state index in [1.807, 2.05) is 50.6 Å². The van der Waals surface area contributed by atoms with Crippen molar-refractivity contribution in [2.24, 2.45) is 12.0 Å². The average molecular weight is 398 g/mol. The number of nitrogens with zero attached hydrogens (tertiary/aromatic N) is 3. The fourth-order valence-corrected chi connectivity index (χ4v) is 2.68. The van der Waals surface area contributed by atoms with Crippen LogP contribution in [0.1, 0.15) is 32.0 Å². The fraction of sp³-hybridized carbons (Fsp3) is 0.444. The molecule has 2 N–H and O–H groups in total. The van der Waals surface area contributed by atoms with E-state index in [-0.39, 0.29) is 6.10 Å². The molecule has 0 amide bonds. The lowest BCUT2D eigenvalue weighted by Crippen LogP contribution is -2.37. The van der Waals surface area contributed by atoms with Crippen LogP contribution in [0.25, 0.3) is 0 Å². The second-order valence-electron chi connectivity index (χ2n) is 6.05. The van der Waals surface area contributed by atoms with Gasteiger partial charge in [0, 0.05) is 31.5 Å². The van der Waals surface area contributed by atoms with Gasteiger partial charge < -0.3 is 19.9 Å². The molecule has 0 aliphatic carbocycles. The van der Waals surface area contributed by atoms with Crippen molar-refractivity contribution >= 4 is 29.2 Å². The van der Waals surface area contributed by atoms with Gasteiger partial charge in [0.1, 0.15) is 5.15 Å². The molecule has 2 rings (SSSR count). The van der Waals surface area contributed by atoms with Crippen molar-refractivity contribution in [2.75, 3.05) is 6.54 Å². The SMILES string of the molecule is CCNC(=NCc1ccc(OC(C)C)nc1)NCc1cc(Cl)c(Cl)n1C. The molecule has 0 unspecified atom stereocenters. The highest BCUT2D eigenvalue weighted by Gasteiger charge is 2.09. The molecule has 0 atom stereocenters. The van der Waals surface area contributed by atoms with Gasteiger partial charge in [-0.05, 0) is 32.4 Å². The van der Waals surface area contributed by atoms with Crippen LogP contribution in [-0.4, -0.2) is 28.2 Å². The molecule has 2 aromatic heterocycles. The molecule has 142 valence electrons. The third-order valence-corrected chi connectivity index (χ3v) is 4.41. The number of guanidine groups is 1. The third-order valence-electron chi connectivity index (χ3n) is 3.57. The van der Waals surface area contributed by atoms with E-state index in [2.05, 4.69) is 20.6 Å². The van der Waals surface area contributed by atoms with Crippen LogP contribution in [0.15, 0.2) is 29.4 Å². The van der Waals surface area contributed by atoms with Gasteiger partial charge in [-0.2, -0.15) is 0 Å². The molecule has 0 spiro atoms. The van der Waals surface area contributed by atoms with Crippen LogP contribution >= 0.6 is 23.2 Å². The van der Waals surface area contributed by atoms with Crippen molar-refractivity contribution in [2.45, 2.75) is 40.0 Å². The number of hydrogen-bond donors (Lipinski definition) is 2. The predicted molar refractivity (Wildman–Crippen MR) is 107 cm³/mol. The fourth-order valence-electron chi connectivity index (χ4n) is 2.26. The van der Waals surface area contributed by atoms with E-state index in [0.29, 0.717) is 35.1 Å². The molecule has 0 saturated carbocycles. The smallest absolute Gasteiger partial charge is 0.213 e. The Morgan fingerprint density at radius 3 is 2.62 bits per heavy atom. The number of hydrogen-bond acceptors (Lipinski definition) is 3. The zero-order valence-corrected chi connectivity index (χ0v) is 17.0. The van der Waals surface area contributed by atoms with Crippen LogP contribution in [-0.2, 0) is 20.1 Å². The standard InChI is InChI=1S/C18H25Cl2N5O/c1-5-21-18(24-11-14-8-15(19)17(20)25(14)4)23-10-13-6-7-16(22-9-13)26-12(2)3/h6-9,12H,5,10-11H2,1-4H3,(H2,21,23,24). The number of halogens is 2. The Labute approximate surface area is 164 Å². The van der Waals surface area contributed by atoms with Gasteiger partial charge in [0.2, 0.25) is 5.88 Å². The summed E-state index contributed by atoms with van der Waals surface area (Å²) in [4.78, 5) is 8.88. The summed E-state index contributed by atoms with van der Waals surface area (Å²) in [5, 5.41) is 7.57. The van der Waals surface area contributed by atoms with Crippen molar-refractivity contribution in [1.29, 1.82) is 0 Å². The second-order valence-corrected chi connectivity index (χ2v) is 6.82. The van der Waals surface area contributed by atoms with Gasteiger partial charge in [0.25, 0.3) is 0 Å². The normalized spacial score (nSPS) is 11.7. The number of rotatable bonds is 7. The van der Waals surface area contributed by atoms with E-state index in [4.69, 9.17) is 27.9 Å². The van der Waals surface area contributed by atoms with Crippen LogP contribution in [0.4, 0.5) is 0 Å². The van der Waals surface area contributed by atoms with E-state index in [0.717, 1.165) is 17.8 Å². The molecule has 6 nitrogen and oxygen atoms in total. The summed E-state index contributed by atoms with van der Waals surface area (Å²) in [6.45, 7) is 7.81. The average Bonchev–Trinajstić information content (AvgIpc) is 2.85. The van der Waals surface area contributed by atoms with Crippen molar-refractivity contribution in [3.63, 3.8) is 0 Å². The minimum atomic E-state index is 0.107. The van der Waals surface area contributed by atoms with Crippen molar-refractivity contribution < 1.29 is 4.74 Å². The Hall–Kier alpha value is -1.92. The molecule has 2 heterocycles. The highest BCUT2D eigenvalue weighted by Crippen LogP contribution is 2.24. The molecule has 0 bridgehead atoms. The van der Waals surface area contributed by atoms with Crippen LogP contribution in [0.5, 0.6) is 5.88 Å². The highest BCUT2D eigenvalue weighted by molar-refractivity contribution is 6.41. The summed E-state index contributed by atoms with van der Waals surface area (Å²) in [5.41, 5.74) is 1.98. The Morgan fingerprint density at radius 2 is 2.08 bits per heavy atom. The first kappa shape index (κ1) is 20.4. The van der Waals surface area contributed by atoms with Crippen molar-refractivity contribution in [3.05, 3.63) is 45.8 Å². The quantitative estimate of drug-likeness (QED) is 0.551. The summed E-state index contributed by atoms with van der Waals surface area (Å²) in [7, 11) is 1.88. The molecule has 0 aromatic carbocycles. The van der Waals surface area contributed by atoms with E-state index in [9.17, 15) is 0 Å². The molecule has 0 saturated heterocycles. The molecular formula is C18H25Cl2N5O. The summed E-state index contributed by atoms with van der Waals surface area (Å²) in [6, 6.07) is 5.67. The third kappa shape index (κ3) is 5.81. The first-order valence-corrected chi connectivity index (χ1v) is 9.29. The Morgan fingerprint density at radius 1 is 1.31 bits per heavy atom. The summed E-state index contributed by atoms with van der Waals surface area (Å²) >= 11 is 12.2. The van der Waals surface area contributed by atoms with Gasteiger partial charge in [-0.1, -0.05) is 29.3 Å². The molecule has 2 aromatic rings. The largest absolute Gasteiger partial charge is 0.475 e.